The third-order valence-corrected chi connectivity index (χ3v) is 9.06. The van der Waals surface area contributed by atoms with Crippen LogP contribution in [0.2, 0.25) is 0 Å². The van der Waals surface area contributed by atoms with Gasteiger partial charge in [-0.3, -0.25) is 9.59 Å². The van der Waals surface area contributed by atoms with Crippen molar-refractivity contribution in [3.8, 4) is 0 Å². The minimum absolute atomic E-state index is 0.163. The van der Waals surface area contributed by atoms with E-state index in [9.17, 15) is 24.9 Å². The van der Waals surface area contributed by atoms with Crippen LogP contribution in [0.3, 0.4) is 0 Å². The first-order valence-corrected chi connectivity index (χ1v) is 18.5. The molecule has 0 aromatic rings. The molecule has 0 saturated carbocycles. The van der Waals surface area contributed by atoms with E-state index in [1.165, 1.54) is 128 Å². The van der Waals surface area contributed by atoms with E-state index in [-0.39, 0.29) is 18.8 Å². The van der Waals surface area contributed by atoms with Crippen LogP contribution in [0.5, 0.6) is 0 Å². The summed E-state index contributed by atoms with van der Waals surface area (Å²) in [5.74, 6) is -2.75. The summed E-state index contributed by atoms with van der Waals surface area (Å²) in [6.07, 6.45) is 32.5. The van der Waals surface area contributed by atoms with Gasteiger partial charge in [0.2, 0.25) is 0 Å². The second-order valence-corrected chi connectivity index (χ2v) is 13.1. The van der Waals surface area contributed by atoms with Gasteiger partial charge in [0.25, 0.3) is 0 Å². The van der Waals surface area contributed by atoms with Crippen LogP contribution >= 0.6 is 0 Å². The van der Waals surface area contributed by atoms with Gasteiger partial charge in [-0.05, 0) is 19.3 Å². The number of hydrogen-bond acceptors (Lipinski definition) is 4. The Kier molecular flexibility index (Phi) is 30.8. The van der Waals surface area contributed by atoms with Crippen molar-refractivity contribution in [3.63, 3.8) is 0 Å². The van der Waals surface area contributed by atoms with Crippen molar-refractivity contribution in [1.29, 1.82) is 0 Å². The number of hydrogen-bond donors (Lipinski definition) is 3. The van der Waals surface area contributed by atoms with E-state index in [4.69, 9.17) is 0 Å². The van der Waals surface area contributed by atoms with Gasteiger partial charge in [0.15, 0.2) is 0 Å². The maximum absolute atomic E-state index is 13.3. The Morgan fingerprint density at radius 3 is 1.12 bits per heavy atom. The second-order valence-electron chi connectivity index (χ2n) is 13.1. The first-order chi connectivity index (χ1) is 20.5. The van der Waals surface area contributed by atoms with E-state index in [2.05, 4.69) is 13.8 Å². The van der Waals surface area contributed by atoms with Crippen molar-refractivity contribution < 1.29 is 24.9 Å². The Balaban J connectivity index is 4.18. The highest BCUT2D eigenvalue weighted by molar-refractivity contribution is 5.99. The van der Waals surface area contributed by atoms with E-state index < -0.39 is 23.9 Å². The Morgan fingerprint density at radius 2 is 0.810 bits per heavy atom. The van der Waals surface area contributed by atoms with Crippen molar-refractivity contribution in [2.24, 2.45) is 11.8 Å². The zero-order valence-corrected chi connectivity index (χ0v) is 28.1. The third kappa shape index (κ3) is 25.5. The number of carbonyl (C=O) groups is 2. The van der Waals surface area contributed by atoms with Crippen LogP contribution in [0.15, 0.2) is 0 Å². The Hall–Kier alpha value is -0.940. The number of aliphatic carboxylic acids is 1. The van der Waals surface area contributed by atoms with E-state index in [1.54, 1.807) is 0 Å². The molecule has 0 saturated heterocycles. The highest BCUT2D eigenvalue weighted by atomic mass is 16.4. The number of ketones is 1. The molecule has 0 rings (SSSR count). The Morgan fingerprint density at radius 1 is 0.500 bits per heavy atom. The quantitative estimate of drug-likeness (QED) is 0.0507. The van der Waals surface area contributed by atoms with Crippen molar-refractivity contribution in [3.05, 3.63) is 0 Å². The summed E-state index contributed by atoms with van der Waals surface area (Å²) < 4.78 is 0. The number of carboxylic acids is 1. The Bertz CT molecular complexity index is 593. The fraction of sp³-hybridized carbons (Fsp3) is 0.946. The van der Waals surface area contributed by atoms with Gasteiger partial charge >= 0.3 is 5.97 Å². The van der Waals surface area contributed by atoms with Gasteiger partial charge in [-0.15, -0.1) is 0 Å². The molecule has 0 amide bonds. The van der Waals surface area contributed by atoms with E-state index in [0.29, 0.717) is 12.8 Å². The van der Waals surface area contributed by atoms with Crippen molar-refractivity contribution in [1.82, 2.24) is 0 Å². The number of aliphatic hydroxyl groups excluding tert-OH is 2. The summed E-state index contributed by atoms with van der Waals surface area (Å²) in [4.78, 5) is 25.3. The number of Topliss-reactive ketones (excluding diaryl/α,β-unsaturated/α-hetero) is 1. The lowest BCUT2D eigenvalue weighted by atomic mass is 9.82. The largest absolute Gasteiger partial charge is 0.481 e. The summed E-state index contributed by atoms with van der Waals surface area (Å²) in [6, 6.07) is 0. The fourth-order valence-corrected chi connectivity index (χ4v) is 6.23. The molecule has 5 heteroatoms. The van der Waals surface area contributed by atoms with Crippen molar-refractivity contribution in [2.75, 3.05) is 6.61 Å². The highest BCUT2D eigenvalue weighted by Crippen LogP contribution is 2.25. The van der Waals surface area contributed by atoms with Crippen LogP contribution in [0.1, 0.15) is 200 Å². The summed E-state index contributed by atoms with van der Waals surface area (Å²) in [6.45, 7) is 4.12. The first-order valence-electron chi connectivity index (χ1n) is 18.5. The molecule has 0 fully saturated rings. The molecule has 0 aliphatic heterocycles. The summed E-state index contributed by atoms with van der Waals surface area (Å²) in [7, 11) is 0. The lowest BCUT2D eigenvalue weighted by Gasteiger charge is -2.22. The van der Waals surface area contributed by atoms with Crippen molar-refractivity contribution >= 4 is 11.8 Å². The predicted octanol–water partition coefficient (Wildman–Crippen LogP) is 10.6. The third-order valence-electron chi connectivity index (χ3n) is 9.06. The molecule has 42 heavy (non-hydrogen) atoms. The maximum Gasteiger partial charge on any atom is 0.314 e. The van der Waals surface area contributed by atoms with Crippen LogP contribution in [-0.2, 0) is 9.59 Å². The van der Waals surface area contributed by atoms with Crippen molar-refractivity contribution in [2.45, 2.75) is 206 Å². The topological polar surface area (TPSA) is 94.8 Å². The van der Waals surface area contributed by atoms with Gasteiger partial charge in [0.05, 0.1) is 12.7 Å². The molecule has 250 valence electrons. The molecule has 3 N–H and O–H groups in total. The molecule has 3 unspecified atom stereocenters. The van der Waals surface area contributed by atoms with E-state index >= 15 is 0 Å². The molecular formula is C37H72O5. The number of aliphatic hydroxyl groups is 2. The van der Waals surface area contributed by atoms with Crippen LogP contribution in [0, 0.1) is 11.8 Å². The molecule has 3 atom stereocenters. The lowest BCUT2D eigenvalue weighted by molar-refractivity contribution is -0.148. The zero-order chi connectivity index (χ0) is 31.1. The molecule has 0 radical (unpaired) electrons. The van der Waals surface area contributed by atoms with Gasteiger partial charge in [0.1, 0.15) is 11.7 Å². The fourth-order valence-electron chi connectivity index (χ4n) is 6.23. The normalized spacial score (nSPS) is 13.7. The number of unbranched alkanes of at least 4 members (excludes halogenated alkanes) is 24. The van der Waals surface area contributed by atoms with Gasteiger partial charge in [0, 0.05) is 5.92 Å². The van der Waals surface area contributed by atoms with Gasteiger partial charge in [-0.1, -0.05) is 181 Å². The number of carboxylic acid groups (broad SMARTS) is 1. The predicted molar refractivity (Wildman–Crippen MR) is 178 cm³/mol. The molecular weight excluding hydrogens is 524 g/mol. The molecule has 5 nitrogen and oxygen atoms in total. The van der Waals surface area contributed by atoms with Gasteiger partial charge in [-0.25, -0.2) is 0 Å². The van der Waals surface area contributed by atoms with Gasteiger partial charge in [-0.2, -0.15) is 0 Å². The molecule has 0 aromatic carbocycles. The molecule has 0 aromatic heterocycles. The smallest absolute Gasteiger partial charge is 0.314 e. The number of carbonyl (C=O) groups excluding carboxylic acids is 1. The maximum atomic E-state index is 13.3. The highest BCUT2D eigenvalue weighted by Gasteiger charge is 2.32. The minimum Gasteiger partial charge on any atom is -0.481 e. The summed E-state index contributed by atoms with van der Waals surface area (Å²) in [5, 5.41) is 29.2. The van der Waals surface area contributed by atoms with E-state index in [1.807, 2.05) is 0 Å². The Labute approximate surface area is 261 Å². The van der Waals surface area contributed by atoms with Crippen LogP contribution in [0.25, 0.3) is 0 Å². The average molecular weight is 597 g/mol. The molecule has 0 heterocycles. The molecule has 0 bridgehead atoms. The minimum atomic E-state index is -1.03. The average Bonchev–Trinajstić information content (AvgIpc) is 2.98. The molecule has 0 aliphatic carbocycles. The molecule has 0 aliphatic rings. The van der Waals surface area contributed by atoms with E-state index in [0.717, 1.165) is 38.5 Å². The van der Waals surface area contributed by atoms with Crippen LogP contribution in [-0.4, -0.2) is 39.8 Å². The number of rotatable bonds is 34. The van der Waals surface area contributed by atoms with Gasteiger partial charge < -0.3 is 15.3 Å². The summed E-state index contributed by atoms with van der Waals surface area (Å²) >= 11 is 0. The second kappa shape index (κ2) is 31.5. The van der Waals surface area contributed by atoms with Crippen LogP contribution < -0.4 is 0 Å². The van der Waals surface area contributed by atoms with Crippen LogP contribution in [0.4, 0.5) is 0 Å². The monoisotopic (exact) mass is 597 g/mol. The first kappa shape index (κ1) is 41.1. The lowest BCUT2D eigenvalue weighted by Crippen LogP contribution is -2.32. The zero-order valence-electron chi connectivity index (χ0n) is 28.1. The molecule has 0 spiro atoms. The standard InChI is InChI=1S/C37H72O5/c1-3-5-7-9-11-13-15-17-18-20-22-24-26-28-30-35(37(41)42)36(40)33(31-34(39)32-38)29-27-25-23-21-19-16-14-12-10-8-6-4-2/h33-35,38-39H,3-32H2,1-2H3,(H,41,42). The summed E-state index contributed by atoms with van der Waals surface area (Å²) in [5.41, 5.74) is 0. The SMILES string of the molecule is CCCCCCCCCCCCCCCCC(C(=O)O)C(=O)C(CCCCCCCCCCCCCC)CC(O)CO.